The fraction of sp³-hybridized carbons (Fsp3) is 0.318. The summed E-state index contributed by atoms with van der Waals surface area (Å²) in [6, 6.07) is 35.6. The molecule has 0 heterocycles. The normalized spacial score (nSPS) is 11.1. The molecule has 0 unspecified atom stereocenters. The van der Waals surface area contributed by atoms with Gasteiger partial charge in [0, 0.05) is 11.1 Å². The first-order chi connectivity index (χ1) is 22.4. The van der Waals surface area contributed by atoms with Crippen molar-refractivity contribution < 1.29 is 9.47 Å². The Bertz CT molecular complexity index is 1600. The van der Waals surface area contributed by atoms with Gasteiger partial charge >= 0.3 is 0 Å². The first-order valence-electron chi connectivity index (χ1n) is 17.2. The molecule has 0 atom stereocenters. The highest BCUT2D eigenvalue weighted by atomic mass is 16.5. The first-order valence-corrected chi connectivity index (χ1v) is 17.2. The van der Waals surface area contributed by atoms with Crippen LogP contribution in [0.2, 0.25) is 0 Å². The van der Waals surface area contributed by atoms with Crippen LogP contribution in [-0.4, -0.2) is 13.2 Å². The lowest BCUT2D eigenvalue weighted by molar-refractivity contribution is 0.300. The van der Waals surface area contributed by atoms with Crippen LogP contribution in [0.3, 0.4) is 0 Å². The number of hydrogen-bond donors (Lipinski definition) is 0. The maximum absolute atomic E-state index is 6.57. The maximum atomic E-state index is 6.57. The molecule has 238 valence electrons. The SMILES string of the molecule is CCCCCOc1cc(-c2ccc(-c3ccc(C)cc3C)cc2)c(OCCCCC)cc1-c1ccc(-c2ccc(C)cc2C)cc1. The van der Waals surface area contributed by atoms with Crippen LogP contribution in [0.1, 0.15) is 74.6 Å². The Labute approximate surface area is 277 Å². The summed E-state index contributed by atoms with van der Waals surface area (Å²) in [7, 11) is 0. The molecule has 0 saturated heterocycles. The van der Waals surface area contributed by atoms with Gasteiger partial charge in [0.1, 0.15) is 11.5 Å². The minimum atomic E-state index is 0.698. The van der Waals surface area contributed by atoms with Crippen LogP contribution in [0.25, 0.3) is 44.5 Å². The Morgan fingerprint density at radius 3 is 1.07 bits per heavy atom. The second-order valence-corrected chi connectivity index (χ2v) is 12.7. The van der Waals surface area contributed by atoms with Gasteiger partial charge in [0.15, 0.2) is 0 Å². The zero-order valence-corrected chi connectivity index (χ0v) is 28.7. The Balaban J connectivity index is 1.55. The third-order valence-corrected chi connectivity index (χ3v) is 8.87. The number of ether oxygens (including phenoxy) is 2. The molecule has 0 aliphatic rings. The molecule has 0 amide bonds. The smallest absolute Gasteiger partial charge is 0.128 e. The predicted molar refractivity (Wildman–Crippen MR) is 197 cm³/mol. The van der Waals surface area contributed by atoms with Gasteiger partial charge in [-0.1, -0.05) is 136 Å². The van der Waals surface area contributed by atoms with E-state index in [1.54, 1.807) is 0 Å². The topological polar surface area (TPSA) is 18.5 Å². The highest BCUT2D eigenvalue weighted by Gasteiger charge is 2.17. The Kier molecular flexibility index (Phi) is 11.4. The number of hydrogen-bond acceptors (Lipinski definition) is 2. The van der Waals surface area contributed by atoms with Crippen LogP contribution in [0, 0.1) is 27.7 Å². The van der Waals surface area contributed by atoms with E-state index in [1.807, 2.05) is 0 Å². The molecule has 0 N–H and O–H groups in total. The average molecular weight is 611 g/mol. The minimum absolute atomic E-state index is 0.698. The number of unbranched alkanes of at least 4 members (excludes halogenated alkanes) is 4. The third-order valence-electron chi connectivity index (χ3n) is 8.87. The molecule has 0 fully saturated rings. The van der Waals surface area contributed by atoms with E-state index >= 15 is 0 Å². The summed E-state index contributed by atoms with van der Waals surface area (Å²) >= 11 is 0. The molecule has 2 nitrogen and oxygen atoms in total. The zero-order valence-electron chi connectivity index (χ0n) is 28.7. The van der Waals surface area contributed by atoms with Crippen molar-refractivity contribution in [2.24, 2.45) is 0 Å². The van der Waals surface area contributed by atoms with Gasteiger partial charge in [0.2, 0.25) is 0 Å². The highest BCUT2D eigenvalue weighted by molar-refractivity contribution is 5.83. The van der Waals surface area contributed by atoms with Crippen LogP contribution in [0.4, 0.5) is 0 Å². The van der Waals surface area contributed by atoms with E-state index in [4.69, 9.17) is 9.47 Å². The van der Waals surface area contributed by atoms with E-state index in [0.717, 1.165) is 59.4 Å². The Morgan fingerprint density at radius 2 is 0.739 bits per heavy atom. The molecule has 46 heavy (non-hydrogen) atoms. The zero-order chi connectivity index (χ0) is 32.5. The molecule has 0 spiro atoms. The van der Waals surface area contributed by atoms with Crippen molar-refractivity contribution in [2.45, 2.75) is 80.1 Å². The van der Waals surface area contributed by atoms with Crippen molar-refractivity contribution in [3.63, 3.8) is 0 Å². The summed E-state index contributed by atoms with van der Waals surface area (Å²) in [5.41, 5.74) is 14.6. The van der Waals surface area contributed by atoms with E-state index in [-0.39, 0.29) is 0 Å². The molecular formula is C44H50O2. The van der Waals surface area contributed by atoms with E-state index in [1.165, 1.54) is 57.3 Å². The van der Waals surface area contributed by atoms with Crippen LogP contribution >= 0.6 is 0 Å². The summed E-state index contributed by atoms with van der Waals surface area (Å²) in [5.74, 6) is 1.81. The van der Waals surface area contributed by atoms with Gasteiger partial charge in [0.05, 0.1) is 13.2 Å². The second-order valence-electron chi connectivity index (χ2n) is 12.7. The lowest BCUT2D eigenvalue weighted by Crippen LogP contribution is -2.03. The third kappa shape index (κ3) is 8.10. The van der Waals surface area contributed by atoms with Gasteiger partial charge in [-0.15, -0.1) is 0 Å². The lowest BCUT2D eigenvalue weighted by Gasteiger charge is -2.19. The second kappa shape index (κ2) is 15.8. The van der Waals surface area contributed by atoms with E-state index < -0.39 is 0 Å². The fourth-order valence-corrected chi connectivity index (χ4v) is 6.25. The predicted octanol–water partition coefficient (Wildman–Crippen LogP) is 12.7. The van der Waals surface area contributed by atoms with Crippen LogP contribution in [-0.2, 0) is 0 Å². The Hall–Kier alpha value is -4.30. The van der Waals surface area contributed by atoms with Gasteiger partial charge in [0.25, 0.3) is 0 Å². The summed E-state index contributed by atoms with van der Waals surface area (Å²) in [5, 5.41) is 0. The molecule has 0 aromatic heterocycles. The van der Waals surface area contributed by atoms with E-state index in [9.17, 15) is 0 Å². The van der Waals surface area contributed by atoms with Gasteiger partial charge in [-0.25, -0.2) is 0 Å². The minimum Gasteiger partial charge on any atom is -0.493 e. The summed E-state index contributed by atoms with van der Waals surface area (Å²) in [6.07, 6.45) is 6.72. The van der Waals surface area contributed by atoms with Gasteiger partial charge in [-0.05, 0) is 97.2 Å². The van der Waals surface area contributed by atoms with Gasteiger partial charge in [-0.3, -0.25) is 0 Å². The largest absolute Gasteiger partial charge is 0.493 e. The van der Waals surface area contributed by atoms with Crippen LogP contribution < -0.4 is 9.47 Å². The van der Waals surface area contributed by atoms with Crippen molar-refractivity contribution in [2.75, 3.05) is 13.2 Å². The monoisotopic (exact) mass is 610 g/mol. The summed E-state index contributed by atoms with van der Waals surface area (Å²) in [6.45, 7) is 14.5. The number of rotatable bonds is 14. The molecule has 0 aliphatic heterocycles. The van der Waals surface area contributed by atoms with Crippen molar-refractivity contribution in [3.05, 3.63) is 119 Å². The van der Waals surface area contributed by atoms with Crippen molar-refractivity contribution in [3.8, 4) is 56.0 Å². The van der Waals surface area contributed by atoms with Crippen molar-refractivity contribution >= 4 is 0 Å². The van der Waals surface area contributed by atoms with Gasteiger partial charge < -0.3 is 9.47 Å². The van der Waals surface area contributed by atoms with E-state index in [0.29, 0.717) is 13.2 Å². The molecule has 0 saturated carbocycles. The molecular weight excluding hydrogens is 560 g/mol. The van der Waals surface area contributed by atoms with Crippen LogP contribution in [0.15, 0.2) is 97.1 Å². The fourth-order valence-electron chi connectivity index (χ4n) is 6.25. The van der Waals surface area contributed by atoms with E-state index in [2.05, 4.69) is 139 Å². The molecule has 0 radical (unpaired) electrons. The lowest BCUT2D eigenvalue weighted by atomic mass is 9.93. The van der Waals surface area contributed by atoms with Crippen molar-refractivity contribution in [1.82, 2.24) is 0 Å². The van der Waals surface area contributed by atoms with Crippen LogP contribution in [0.5, 0.6) is 11.5 Å². The molecule has 5 rings (SSSR count). The quantitative estimate of drug-likeness (QED) is 0.116. The highest BCUT2D eigenvalue weighted by Crippen LogP contribution is 2.42. The molecule has 5 aromatic carbocycles. The molecule has 0 bridgehead atoms. The average Bonchev–Trinajstić information content (AvgIpc) is 3.05. The molecule has 2 heteroatoms. The Morgan fingerprint density at radius 1 is 0.391 bits per heavy atom. The van der Waals surface area contributed by atoms with Gasteiger partial charge in [-0.2, -0.15) is 0 Å². The molecule has 0 aliphatic carbocycles. The standard InChI is InChI=1S/C44H50O2/c1-7-9-11-25-45-43-29-42(38-21-17-36(18-22-38)40-24-14-32(4)28-34(40)6)44(46-26-12-10-8-2)30-41(43)37-19-15-35(16-20-37)39-23-13-31(3)27-33(39)5/h13-24,27-30H,7-12,25-26H2,1-6H3. The summed E-state index contributed by atoms with van der Waals surface area (Å²) < 4.78 is 13.1. The molecule has 5 aromatic rings. The first kappa shape index (κ1) is 33.1. The van der Waals surface area contributed by atoms with Crippen molar-refractivity contribution in [1.29, 1.82) is 0 Å². The number of aryl methyl sites for hydroxylation is 4. The maximum Gasteiger partial charge on any atom is 0.128 e. The number of benzene rings is 5. The summed E-state index contributed by atoms with van der Waals surface area (Å²) in [4.78, 5) is 0.